The topological polar surface area (TPSA) is 18.5 Å². The molecule has 0 aliphatic rings. The van der Waals surface area contributed by atoms with E-state index in [9.17, 15) is 79.0 Å². The van der Waals surface area contributed by atoms with Crippen molar-refractivity contribution in [3.8, 4) is 0 Å². The summed E-state index contributed by atoms with van der Waals surface area (Å²) in [6.07, 6.45) is -15.4. The van der Waals surface area contributed by atoms with Crippen LogP contribution in [0.2, 0.25) is 0 Å². The summed E-state index contributed by atoms with van der Waals surface area (Å²) in [6.45, 7) is 0. The van der Waals surface area contributed by atoms with Crippen molar-refractivity contribution in [3.63, 3.8) is 0 Å². The molecule has 188 valence electrons. The Kier molecular flexibility index (Phi) is 7.18. The van der Waals surface area contributed by atoms with Crippen LogP contribution < -0.4 is 0 Å². The standard InChI is InChI=1S/C10H6F18O2Si/c1-29-31(30-2,9(25,26)5(15,16)3(11,12)7(19,20)21)10(27,28)6(17,18)4(13,14)8(22,23)24/h1-2H3. The first-order valence-electron chi connectivity index (χ1n) is 6.63. The van der Waals surface area contributed by atoms with E-state index in [1.54, 1.807) is 0 Å². The van der Waals surface area contributed by atoms with Gasteiger partial charge in [0.1, 0.15) is 0 Å². The monoisotopic (exact) mass is 528 g/mol. The zero-order chi connectivity index (χ0) is 25.9. The van der Waals surface area contributed by atoms with Crippen LogP contribution in [0.4, 0.5) is 79.0 Å². The molecule has 0 N–H and O–H groups in total. The highest BCUT2D eigenvalue weighted by atomic mass is 28.4. The fraction of sp³-hybridized carbons (Fsp3) is 1.00. The molecule has 0 amide bonds. The molecule has 0 unspecified atom stereocenters. The van der Waals surface area contributed by atoms with Gasteiger partial charge in [-0.1, -0.05) is 0 Å². The van der Waals surface area contributed by atoms with E-state index in [1.165, 1.54) is 0 Å². The Morgan fingerprint density at radius 2 is 0.581 bits per heavy atom. The van der Waals surface area contributed by atoms with Gasteiger partial charge in [-0.3, -0.25) is 0 Å². The van der Waals surface area contributed by atoms with Crippen molar-refractivity contribution in [3.05, 3.63) is 0 Å². The van der Waals surface area contributed by atoms with Crippen LogP contribution in [0.5, 0.6) is 0 Å². The summed E-state index contributed by atoms with van der Waals surface area (Å²) in [7, 11) is -10.5. The van der Waals surface area contributed by atoms with Gasteiger partial charge in [-0.2, -0.15) is 79.0 Å². The van der Waals surface area contributed by atoms with Gasteiger partial charge in [0, 0.05) is 14.2 Å². The summed E-state index contributed by atoms with van der Waals surface area (Å²) in [6, 6.07) is 0. The average molecular weight is 528 g/mol. The molecule has 0 spiro atoms. The third-order valence-electron chi connectivity index (χ3n) is 3.69. The van der Waals surface area contributed by atoms with E-state index < -0.39 is 69.9 Å². The number of halogens is 18. The van der Waals surface area contributed by atoms with Crippen LogP contribution in [-0.4, -0.2) is 69.9 Å². The Morgan fingerprint density at radius 3 is 0.710 bits per heavy atom. The second-order valence-electron chi connectivity index (χ2n) is 5.47. The molecule has 21 heteroatoms. The van der Waals surface area contributed by atoms with Crippen molar-refractivity contribution in [1.82, 2.24) is 0 Å². The van der Waals surface area contributed by atoms with Gasteiger partial charge < -0.3 is 8.85 Å². The molecule has 2 nitrogen and oxygen atoms in total. The Bertz CT molecular complexity index is 593. The summed E-state index contributed by atoms with van der Waals surface area (Å²) in [5, 5.41) is 0. The number of hydrogen-bond acceptors (Lipinski definition) is 2. The largest absolute Gasteiger partial charge is 0.502 e. The van der Waals surface area contributed by atoms with Gasteiger partial charge in [-0.05, 0) is 0 Å². The van der Waals surface area contributed by atoms with E-state index in [1.807, 2.05) is 0 Å². The first-order valence-corrected chi connectivity index (χ1v) is 8.44. The van der Waals surface area contributed by atoms with Crippen molar-refractivity contribution < 1.29 is 87.9 Å². The molecule has 0 aliphatic carbocycles. The Labute approximate surface area is 159 Å². The zero-order valence-electron chi connectivity index (χ0n) is 14.1. The molecule has 0 aliphatic heterocycles. The lowest BCUT2D eigenvalue weighted by Crippen LogP contribution is -2.83. The zero-order valence-corrected chi connectivity index (χ0v) is 15.1. The van der Waals surface area contributed by atoms with Gasteiger partial charge in [0.25, 0.3) is 0 Å². The van der Waals surface area contributed by atoms with E-state index >= 15 is 0 Å². The molecule has 0 rings (SSSR count). The highest BCUT2D eigenvalue weighted by Gasteiger charge is 2.98. The van der Waals surface area contributed by atoms with Crippen LogP contribution in [0.3, 0.4) is 0 Å². The summed E-state index contributed by atoms with van der Waals surface area (Å²) in [4.78, 5) is 0. The average Bonchev–Trinajstić information content (AvgIpc) is 2.53. The minimum absolute atomic E-state index is 0.777. The molecule has 31 heavy (non-hydrogen) atoms. The lowest BCUT2D eigenvalue weighted by atomic mass is 10.1. The fourth-order valence-electron chi connectivity index (χ4n) is 1.96. The predicted octanol–water partition coefficient (Wildman–Crippen LogP) is 5.74. The van der Waals surface area contributed by atoms with Crippen LogP contribution in [0.1, 0.15) is 0 Å². The molecule has 0 bridgehead atoms. The van der Waals surface area contributed by atoms with Gasteiger partial charge in [-0.25, -0.2) is 0 Å². The van der Waals surface area contributed by atoms with E-state index in [0.29, 0.717) is 0 Å². The van der Waals surface area contributed by atoms with E-state index in [4.69, 9.17) is 0 Å². The van der Waals surface area contributed by atoms with Crippen LogP contribution in [0.25, 0.3) is 0 Å². The second-order valence-corrected chi connectivity index (χ2v) is 8.77. The van der Waals surface area contributed by atoms with Crippen molar-refractivity contribution in [2.45, 2.75) is 47.1 Å². The SMILES string of the molecule is CO[Si](OC)(C(F)(F)C(F)(F)C(F)(F)C(F)(F)F)C(F)(F)C(F)(F)C(F)(F)C(F)(F)F. The molecular formula is C10H6F18O2Si. The Balaban J connectivity index is 7.25. The van der Waals surface area contributed by atoms with Crippen molar-refractivity contribution in [2.24, 2.45) is 0 Å². The summed E-state index contributed by atoms with van der Waals surface area (Å²) >= 11 is 0. The van der Waals surface area contributed by atoms with Crippen molar-refractivity contribution >= 4 is 8.56 Å². The van der Waals surface area contributed by atoms with Crippen molar-refractivity contribution in [2.75, 3.05) is 14.2 Å². The van der Waals surface area contributed by atoms with Crippen molar-refractivity contribution in [1.29, 1.82) is 0 Å². The number of rotatable bonds is 8. The number of hydrogen-bond donors (Lipinski definition) is 0. The second kappa shape index (κ2) is 7.45. The quantitative estimate of drug-likeness (QED) is 0.296. The maximum Gasteiger partial charge on any atom is 0.502 e. The van der Waals surface area contributed by atoms with E-state index in [-0.39, 0.29) is 0 Å². The first-order chi connectivity index (χ1) is 13.1. The molecule has 0 aromatic carbocycles. The number of alkyl halides is 18. The van der Waals surface area contributed by atoms with Gasteiger partial charge in [0.05, 0.1) is 0 Å². The minimum atomic E-state index is -8.97. The molecule has 0 saturated heterocycles. The van der Waals surface area contributed by atoms with Crippen LogP contribution in [-0.2, 0) is 8.85 Å². The smallest absolute Gasteiger partial charge is 0.390 e. The Hall–Kier alpha value is -1.12. The molecule has 0 heterocycles. The maximum atomic E-state index is 14.0. The van der Waals surface area contributed by atoms with Gasteiger partial charge in [0.15, 0.2) is 0 Å². The highest BCUT2D eigenvalue weighted by Crippen LogP contribution is 2.62. The summed E-state index contributed by atoms with van der Waals surface area (Å²) < 4.78 is 240. The highest BCUT2D eigenvalue weighted by molar-refractivity contribution is 6.73. The summed E-state index contributed by atoms with van der Waals surface area (Å²) in [5.41, 5.74) is -15.8. The molecule has 0 aromatic rings. The van der Waals surface area contributed by atoms with Crippen LogP contribution in [0, 0.1) is 0 Å². The minimum Gasteiger partial charge on any atom is -0.390 e. The fourth-order valence-corrected chi connectivity index (χ4v) is 4.68. The molecule has 0 radical (unpaired) electrons. The molecule has 0 saturated carbocycles. The molecule has 0 fully saturated rings. The van der Waals surface area contributed by atoms with Gasteiger partial charge in [-0.15, -0.1) is 0 Å². The molecule has 0 aromatic heterocycles. The van der Waals surface area contributed by atoms with Gasteiger partial charge >= 0.3 is 55.7 Å². The Morgan fingerprint density at radius 1 is 0.387 bits per heavy atom. The predicted molar refractivity (Wildman–Crippen MR) is 61.6 cm³/mol. The van der Waals surface area contributed by atoms with E-state index in [0.717, 1.165) is 0 Å². The van der Waals surface area contributed by atoms with E-state index in [2.05, 4.69) is 8.85 Å². The van der Waals surface area contributed by atoms with Crippen LogP contribution in [0.15, 0.2) is 0 Å². The third kappa shape index (κ3) is 3.53. The lowest BCUT2D eigenvalue weighted by Gasteiger charge is -2.46. The first kappa shape index (κ1) is 29.9. The van der Waals surface area contributed by atoms with Crippen LogP contribution >= 0.6 is 0 Å². The van der Waals surface area contributed by atoms with Gasteiger partial charge in [0.2, 0.25) is 0 Å². The molecule has 0 atom stereocenters. The lowest BCUT2D eigenvalue weighted by molar-refractivity contribution is -0.400. The third-order valence-corrected chi connectivity index (χ3v) is 7.12. The maximum absolute atomic E-state index is 14.0. The molecular weight excluding hydrogens is 522 g/mol. The summed E-state index contributed by atoms with van der Waals surface area (Å²) in [5.74, 6) is -32.4. The normalized spacial score (nSPS) is 16.6.